The molecule has 0 aromatic carbocycles. The van der Waals surface area contributed by atoms with Gasteiger partial charge >= 0.3 is 0 Å². The smallest absolute Gasteiger partial charge is 0.259 e. The van der Waals surface area contributed by atoms with Crippen LogP contribution in [0.15, 0.2) is 53.6 Å². The molecule has 0 saturated heterocycles. The zero-order chi connectivity index (χ0) is 20.6. The van der Waals surface area contributed by atoms with Crippen LogP contribution in [0.5, 0.6) is 0 Å². The van der Waals surface area contributed by atoms with Crippen LogP contribution in [-0.2, 0) is 11.8 Å². The average molecular weight is 399 g/mol. The minimum absolute atomic E-state index is 0.247. The minimum atomic E-state index is -0.264. The van der Waals surface area contributed by atoms with Crippen molar-refractivity contribution >= 4 is 5.95 Å². The van der Waals surface area contributed by atoms with Crippen LogP contribution in [0.3, 0.4) is 0 Å². The van der Waals surface area contributed by atoms with Gasteiger partial charge in [-0.25, -0.2) is 9.97 Å². The fourth-order valence-electron chi connectivity index (χ4n) is 3.93. The molecule has 1 aliphatic rings. The molecule has 8 nitrogen and oxygen atoms in total. The fraction of sp³-hybridized carbons (Fsp3) is 0.273. The van der Waals surface area contributed by atoms with Crippen LogP contribution in [0.25, 0.3) is 22.7 Å². The molecule has 5 rings (SSSR count). The number of nitrogens with zero attached hydrogens (tertiary/aromatic N) is 6. The Hall–Kier alpha value is -3.68. The SMILES string of the molecule is CCc1ncccc1-c1nc(C2(c3ccc(-c4cnc(N)nc4)nc3)CCC2)no1. The van der Waals surface area contributed by atoms with Gasteiger partial charge in [0, 0.05) is 30.4 Å². The number of nitrogen functional groups attached to an aromatic ring is 1. The predicted octanol–water partition coefficient (Wildman–Crippen LogP) is 3.60. The Morgan fingerprint density at radius 1 is 1.03 bits per heavy atom. The van der Waals surface area contributed by atoms with Crippen LogP contribution in [0, 0.1) is 0 Å². The summed E-state index contributed by atoms with van der Waals surface area (Å²) < 4.78 is 5.65. The zero-order valence-electron chi connectivity index (χ0n) is 16.6. The third-order valence-corrected chi connectivity index (χ3v) is 5.80. The van der Waals surface area contributed by atoms with Gasteiger partial charge in [-0.1, -0.05) is 24.6 Å². The summed E-state index contributed by atoms with van der Waals surface area (Å²) in [4.78, 5) is 21.9. The molecule has 0 spiro atoms. The summed E-state index contributed by atoms with van der Waals surface area (Å²) in [6, 6.07) is 7.92. The van der Waals surface area contributed by atoms with Crippen LogP contribution in [0.1, 0.15) is 43.3 Å². The number of rotatable bonds is 5. The number of nitrogens with two attached hydrogens (primary N) is 1. The first kappa shape index (κ1) is 18.4. The van der Waals surface area contributed by atoms with E-state index in [9.17, 15) is 0 Å². The molecule has 0 bridgehead atoms. The summed E-state index contributed by atoms with van der Waals surface area (Å²) in [7, 11) is 0. The van der Waals surface area contributed by atoms with Crippen molar-refractivity contribution in [2.45, 2.75) is 38.0 Å². The first-order valence-electron chi connectivity index (χ1n) is 10.0. The Morgan fingerprint density at radius 3 is 2.53 bits per heavy atom. The standard InChI is InChI=1S/C22H21N7O/c1-2-17-16(5-3-10-24-17)19-28-20(29-30-19)22(8-4-9-22)15-6-7-18(25-13-15)14-11-26-21(23)27-12-14/h3,5-7,10-13H,2,4,8-9H2,1H3,(H2,23,26,27). The maximum absolute atomic E-state index is 5.65. The molecule has 4 aromatic rings. The number of hydrogen-bond donors (Lipinski definition) is 1. The maximum Gasteiger partial charge on any atom is 0.259 e. The molecule has 0 aliphatic heterocycles. The predicted molar refractivity (Wildman–Crippen MR) is 111 cm³/mol. The second-order valence-corrected chi connectivity index (χ2v) is 7.47. The first-order chi connectivity index (χ1) is 14.7. The number of aryl methyl sites for hydroxylation is 1. The van der Waals surface area contributed by atoms with E-state index in [0.717, 1.165) is 53.8 Å². The van der Waals surface area contributed by atoms with E-state index in [1.165, 1.54) is 0 Å². The molecule has 150 valence electrons. The van der Waals surface area contributed by atoms with Crippen molar-refractivity contribution in [3.63, 3.8) is 0 Å². The lowest BCUT2D eigenvalue weighted by atomic mass is 9.64. The molecule has 0 radical (unpaired) electrons. The van der Waals surface area contributed by atoms with Gasteiger partial charge in [0.15, 0.2) is 5.82 Å². The van der Waals surface area contributed by atoms with Crippen LogP contribution in [0.4, 0.5) is 5.95 Å². The largest absolute Gasteiger partial charge is 0.368 e. The van der Waals surface area contributed by atoms with Gasteiger partial charge in [0.25, 0.3) is 5.89 Å². The third kappa shape index (κ3) is 3.01. The van der Waals surface area contributed by atoms with Crippen molar-refractivity contribution in [3.05, 3.63) is 66.1 Å². The van der Waals surface area contributed by atoms with Crippen molar-refractivity contribution in [2.75, 3.05) is 5.73 Å². The quantitative estimate of drug-likeness (QED) is 0.541. The van der Waals surface area contributed by atoms with Crippen molar-refractivity contribution in [2.24, 2.45) is 0 Å². The van der Waals surface area contributed by atoms with Crippen LogP contribution < -0.4 is 5.73 Å². The minimum Gasteiger partial charge on any atom is -0.368 e. The maximum atomic E-state index is 5.65. The summed E-state index contributed by atoms with van der Waals surface area (Å²) in [5.74, 6) is 1.47. The van der Waals surface area contributed by atoms with Crippen LogP contribution in [0.2, 0.25) is 0 Å². The molecular weight excluding hydrogens is 378 g/mol. The number of anilines is 1. The first-order valence-corrected chi connectivity index (χ1v) is 10.0. The van der Waals surface area contributed by atoms with E-state index in [4.69, 9.17) is 15.2 Å². The van der Waals surface area contributed by atoms with E-state index in [0.29, 0.717) is 11.7 Å². The summed E-state index contributed by atoms with van der Waals surface area (Å²) in [5, 5.41) is 4.35. The Morgan fingerprint density at radius 2 is 1.87 bits per heavy atom. The average Bonchev–Trinajstić information content (AvgIpc) is 3.24. The molecule has 0 amide bonds. The monoisotopic (exact) mass is 399 g/mol. The van der Waals surface area contributed by atoms with E-state index >= 15 is 0 Å². The third-order valence-electron chi connectivity index (χ3n) is 5.80. The Balaban J connectivity index is 1.48. The molecule has 2 N–H and O–H groups in total. The van der Waals surface area contributed by atoms with Crippen molar-refractivity contribution in [3.8, 4) is 22.7 Å². The van der Waals surface area contributed by atoms with Crippen molar-refractivity contribution < 1.29 is 4.52 Å². The van der Waals surface area contributed by atoms with E-state index < -0.39 is 0 Å². The van der Waals surface area contributed by atoms with Gasteiger partial charge in [-0.2, -0.15) is 4.98 Å². The molecule has 30 heavy (non-hydrogen) atoms. The second-order valence-electron chi connectivity index (χ2n) is 7.47. The highest BCUT2D eigenvalue weighted by Crippen LogP contribution is 2.48. The molecule has 4 heterocycles. The molecular formula is C22H21N7O. The number of hydrogen-bond acceptors (Lipinski definition) is 8. The highest BCUT2D eigenvalue weighted by Gasteiger charge is 2.45. The summed E-state index contributed by atoms with van der Waals surface area (Å²) >= 11 is 0. The highest BCUT2D eigenvalue weighted by atomic mass is 16.5. The van der Waals surface area contributed by atoms with E-state index in [-0.39, 0.29) is 11.4 Å². The highest BCUT2D eigenvalue weighted by molar-refractivity contribution is 5.58. The topological polar surface area (TPSA) is 116 Å². The number of aromatic nitrogens is 6. The van der Waals surface area contributed by atoms with E-state index in [1.807, 2.05) is 24.4 Å². The van der Waals surface area contributed by atoms with Crippen molar-refractivity contribution in [1.29, 1.82) is 0 Å². The molecule has 0 atom stereocenters. The molecule has 1 aliphatic carbocycles. The van der Waals surface area contributed by atoms with Gasteiger partial charge in [0.1, 0.15) is 0 Å². The summed E-state index contributed by atoms with van der Waals surface area (Å²) in [5.41, 5.74) is 9.85. The molecule has 8 heteroatoms. The Kier molecular flexibility index (Phi) is 4.46. The summed E-state index contributed by atoms with van der Waals surface area (Å²) in [6.07, 6.45) is 10.9. The Bertz CT molecular complexity index is 1160. The van der Waals surface area contributed by atoms with Gasteiger partial charge in [-0.15, -0.1) is 0 Å². The Labute approximate surface area is 173 Å². The molecule has 1 saturated carbocycles. The normalized spacial score (nSPS) is 15.0. The van der Waals surface area contributed by atoms with Crippen molar-refractivity contribution in [1.82, 2.24) is 30.1 Å². The zero-order valence-corrected chi connectivity index (χ0v) is 16.6. The number of pyridine rings is 2. The summed E-state index contributed by atoms with van der Waals surface area (Å²) in [6.45, 7) is 2.07. The lowest BCUT2D eigenvalue weighted by Crippen LogP contribution is -2.36. The van der Waals surface area contributed by atoms with Crippen LogP contribution in [-0.4, -0.2) is 30.1 Å². The molecule has 0 unspecified atom stereocenters. The second kappa shape index (κ2) is 7.29. The van der Waals surface area contributed by atoms with Crippen LogP contribution >= 0.6 is 0 Å². The molecule has 1 fully saturated rings. The van der Waals surface area contributed by atoms with E-state index in [2.05, 4.69) is 38.1 Å². The van der Waals surface area contributed by atoms with Gasteiger partial charge in [0.05, 0.1) is 22.4 Å². The van der Waals surface area contributed by atoms with Gasteiger partial charge in [-0.05, 0) is 43.0 Å². The lowest BCUT2D eigenvalue weighted by molar-refractivity contribution is 0.272. The lowest BCUT2D eigenvalue weighted by Gasteiger charge is -2.39. The van der Waals surface area contributed by atoms with Gasteiger partial charge < -0.3 is 10.3 Å². The van der Waals surface area contributed by atoms with E-state index in [1.54, 1.807) is 18.6 Å². The molecule has 4 aromatic heterocycles. The van der Waals surface area contributed by atoms with Gasteiger partial charge in [0.2, 0.25) is 5.95 Å². The van der Waals surface area contributed by atoms with Gasteiger partial charge in [-0.3, -0.25) is 9.97 Å². The fourth-order valence-corrected chi connectivity index (χ4v) is 3.93.